The van der Waals surface area contributed by atoms with Crippen molar-refractivity contribution >= 4 is 29.1 Å². The third-order valence-electron chi connectivity index (χ3n) is 3.03. The van der Waals surface area contributed by atoms with Gasteiger partial charge in [0.25, 0.3) is 0 Å². The van der Waals surface area contributed by atoms with Gasteiger partial charge in [-0.25, -0.2) is 0 Å². The molecular weight excluding hydrogens is 252 g/mol. The summed E-state index contributed by atoms with van der Waals surface area (Å²) in [6.07, 6.45) is 2.44. The standard InChI is InChI=1S/C13H15ClN2O2/c14-10-6-5-9(7-11(10)15)8-16-12(17)3-1-2-4-13(16)18/h5-7H,1-4,8,15H2. The molecule has 1 aliphatic rings. The van der Waals surface area contributed by atoms with Crippen LogP contribution in [0, 0.1) is 0 Å². The van der Waals surface area contributed by atoms with Crippen LogP contribution in [0.4, 0.5) is 5.69 Å². The van der Waals surface area contributed by atoms with Crippen LogP contribution in [0.5, 0.6) is 0 Å². The number of nitrogens with zero attached hydrogens (tertiary/aromatic N) is 1. The van der Waals surface area contributed by atoms with E-state index in [1.807, 2.05) is 0 Å². The van der Waals surface area contributed by atoms with Crippen LogP contribution in [0.3, 0.4) is 0 Å². The molecule has 1 aliphatic heterocycles. The summed E-state index contributed by atoms with van der Waals surface area (Å²) < 4.78 is 0. The fourth-order valence-electron chi connectivity index (χ4n) is 2.01. The van der Waals surface area contributed by atoms with Gasteiger partial charge in [0.1, 0.15) is 0 Å². The molecule has 1 aromatic rings. The third-order valence-corrected chi connectivity index (χ3v) is 3.38. The molecule has 1 aromatic carbocycles. The molecule has 96 valence electrons. The van der Waals surface area contributed by atoms with Crippen molar-refractivity contribution in [2.45, 2.75) is 32.2 Å². The van der Waals surface area contributed by atoms with E-state index in [1.54, 1.807) is 18.2 Å². The molecule has 0 bridgehead atoms. The van der Waals surface area contributed by atoms with Crippen molar-refractivity contribution in [1.82, 2.24) is 4.90 Å². The number of rotatable bonds is 2. The van der Waals surface area contributed by atoms with Gasteiger partial charge in [0, 0.05) is 12.8 Å². The smallest absolute Gasteiger partial charge is 0.229 e. The number of nitrogen functional groups attached to an aromatic ring is 1. The Morgan fingerprint density at radius 1 is 1.17 bits per heavy atom. The first kappa shape index (κ1) is 12.9. The quantitative estimate of drug-likeness (QED) is 0.660. The Morgan fingerprint density at radius 2 is 1.78 bits per heavy atom. The number of likely N-dealkylation sites (tertiary alicyclic amines) is 1. The first-order valence-corrected chi connectivity index (χ1v) is 6.33. The summed E-state index contributed by atoms with van der Waals surface area (Å²) in [5, 5.41) is 0.479. The van der Waals surface area contributed by atoms with Gasteiger partial charge in [0.05, 0.1) is 17.3 Å². The van der Waals surface area contributed by atoms with E-state index in [0.29, 0.717) is 23.6 Å². The number of halogens is 1. The first-order chi connectivity index (χ1) is 8.58. The molecule has 4 nitrogen and oxygen atoms in total. The van der Waals surface area contributed by atoms with Gasteiger partial charge in [-0.05, 0) is 30.5 Å². The second kappa shape index (κ2) is 5.40. The molecule has 2 amide bonds. The minimum Gasteiger partial charge on any atom is -0.398 e. The summed E-state index contributed by atoms with van der Waals surface area (Å²) >= 11 is 5.83. The van der Waals surface area contributed by atoms with E-state index in [9.17, 15) is 9.59 Å². The van der Waals surface area contributed by atoms with E-state index in [2.05, 4.69) is 0 Å². The summed E-state index contributed by atoms with van der Waals surface area (Å²) in [7, 11) is 0. The van der Waals surface area contributed by atoms with Gasteiger partial charge >= 0.3 is 0 Å². The van der Waals surface area contributed by atoms with Gasteiger partial charge in [-0.15, -0.1) is 0 Å². The van der Waals surface area contributed by atoms with Crippen LogP contribution in [-0.2, 0) is 16.1 Å². The highest BCUT2D eigenvalue weighted by Gasteiger charge is 2.24. The number of hydrogen-bond donors (Lipinski definition) is 1. The van der Waals surface area contributed by atoms with Crippen LogP contribution in [0.15, 0.2) is 18.2 Å². The summed E-state index contributed by atoms with van der Waals surface area (Å²) in [4.78, 5) is 25.0. The molecule has 1 heterocycles. The number of amides is 2. The lowest BCUT2D eigenvalue weighted by atomic mass is 10.2. The fourth-order valence-corrected chi connectivity index (χ4v) is 2.13. The van der Waals surface area contributed by atoms with Gasteiger partial charge in [0.15, 0.2) is 0 Å². The molecular formula is C13H15ClN2O2. The topological polar surface area (TPSA) is 63.4 Å². The van der Waals surface area contributed by atoms with Gasteiger partial charge in [-0.2, -0.15) is 0 Å². The highest BCUT2D eigenvalue weighted by molar-refractivity contribution is 6.33. The van der Waals surface area contributed by atoms with E-state index in [4.69, 9.17) is 17.3 Å². The maximum Gasteiger partial charge on any atom is 0.229 e. The lowest BCUT2D eigenvalue weighted by Crippen LogP contribution is -2.34. The predicted molar refractivity (Wildman–Crippen MR) is 69.9 cm³/mol. The average molecular weight is 267 g/mol. The van der Waals surface area contributed by atoms with Gasteiger partial charge in [-0.1, -0.05) is 17.7 Å². The zero-order valence-corrected chi connectivity index (χ0v) is 10.7. The van der Waals surface area contributed by atoms with E-state index in [0.717, 1.165) is 18.4 Å². The van der Waals surface area contributed by atoms with E-state index < -0.39 is 0 Å². The molecule has 0 unspecified atom stereocenters. The summed E-state index contributed by atoms with van der Waals surface area (Å²) in [5.41, 5.74) is 6.99. The van der Waals surface area contributed by atoms with E-state index in [1.165, 1.54) is 4.90 Å². The molecule has 5 heteroatoms. The Balaban J connectivity index is 2.17. The fraction of sp³-hybridized carbons (Fsp3) is 0.385. The second-order valence-corrected chi connectivity index (χ2v) is 4.84. The maximum atomic E-state index is 11.8. The first-order valence-electron chi connectivity index (χ1n) is 5.95. The maximum absolute atomic E-state index is 11.8. The third kappa shape index (κ3) is 2.82. The Hall–Kier alpha value is -1.55. The molecule has 0 spiro atoms. The number of imide groups is 1. The van der Waals surface area contributed by atoms with E-state index >= 15 is 0 Å². The van der Waals surface area contributed by atoms with Crippen LogP contribution < -0.4 is 5.73 Å². The van der Waals surface area contributed by atoms with Crippen LogP contribution in [0.2, 0.25) is 5.02 Å². The summed E-state index contributed by atoms with van der Waals surface area (Å²) in [5.74, 6) is -0.211. The van der Waals surface area contributed by atoms with Crippen molar-refractivity contribution in [3.05, 3.63) is 28.8 Å². The largest absolute Gasteiger partial charge is 0.398 e. The highest BCUT2D eigenvalue weighted by Crippen LogP contribution is 2.22. The Morgan fingerprint density at radius 3 is 2.33 bits per heavy atom. The number of hydrogen-bond acceptors (Lipinski definition) is 3. The molecule has 18 heavy (non-hydrogen) atoms. The molecule has 0 saturated carbocycles. The average Bonchev–Trinajstić information content (AvgIpc) is 2.49. The molecule has 0 radical (unpaired) electrons. The molecule has 2 N–H and O–H groups in total. The van der Waals surface area contributed by atoms with Crippen LogP contribution in [0.1, 0.15) is 31.2 Å². The minimum absolute atomic E-state index is 0.106. The Bertz CT molecular complexity index is 470. The Kier molecular flexibility index (Phi) is 3.87. The monoisotopic (exact) mass is 266 g/mol. The lowest BCUT2D eigenvalue weighted by Gasteiger charge is -2.19. The molecule has 1 saturated heterocycles. The molecule has 2 rings (SSSR count). The van der Waals surface area contributed by atoms with Crippen molar-refractivity contribution in [2.24, 2.45) is 0 Å². The normalized spacial score (nSPS) is 16.8. The lowest BCUT2D eigenvalue weighted by molar-refractivity contribution is -0.144. The number of anilines is 1. The van der Waals surface area contributed by atoms with Crippen molar-refractivity contribution in [3.63, 3.8) is 0 Å². The summed E-state index contributed by atoms with van der Waals surface area (Å²) in [6.45, 7) is 0.277. The minimum atomic E-state index is -0.106. The zero-order valence-electron chi connectivity index (χ0n) is 9.99. The highest BCUT2D eigenvalue weighted by atomic mass is 35.5. The second-order valence-electron chi connectivity index (χ2n) is 4.44. The number of benzene rings is 1. The van der Waals surface area contributed by atoms with Gasteiger partial charge < -0.3 is 5.73 Å². The molecule has 0 aliphatic carbocycles. The molecule has 1 fully saturated rings. The van der Waals surface area contributed by atoms with Crippen LogP contribution in [0.25, 0.3) is 0 Å². The number of carbonyl (C=O) groups is 2. The van der Waals surface area contributed by atoms with Crippen molar-refractivity contribution in [3.8, 4) is 0 Å². The van der Waals surface area contributed by atoms with Crippen molar-refractivity contribution < 1.29 is 9.59 Å². The SMILES string of the molecule is Nc1cc(CN2C(=O)CCCCC2=O)ccc1Cl. The van der Waals surface area contributed by atoms with Gasteiger partial charge in [0.2, 0.25) is 11.8 Å². The van der Waals surface area contributed by atoms with E-state index in [-0.39, 0.29) is 18.4 Å². The van der Waals surface area contributed by atoms with Crippen LogP contribution >= 0.6 is 11.6 Å². The van der Waals surface area contributed by atoms with Crippen molar-refractivity contribution in [1.29, 1.82) is 0 Å². The van der Waals surface area contributed by atoms with Gasteiger partial charge in [-0.3, -0.25) is 14.5 Å². The molecule has 0 atom stereocenters. The Labute approximate surface area is 111 Å². The number of carbonyl (C=O) groups excluding carboxylic acids is 2. The number of nitrogens with two attached hydrogens (primary N) is 1. The predicted octanol–water partition coefficient (Wildman–Crippen LogP) is 2.35. The van der Waals surface area contributed by atoms with Crippen LogP contribution in [-0.4, -0.2) is 16.7 Å². The van der Waals surface area contributed by atoms with Crippen molar-refractivity contribution in [2.75, 3.05) is 5.73 Å². The summed E-state index contributed by atoms with van der Waals surface area (Å²) in [6, 6.07) is 5.16. The zero-order chi connectivity index (χ0) is 13.1. The molecule has 0 aromatic heterocycles.